The third-order valence-corrected chi connectivity index (χ3v) is 3.72. The van der Waals surface area contributed by atoms with E-state index in [4.69, 9.17) is 0 Å². The molecule has 0 aliphatic heterocycles. The summed E-state index contributed by atoms with van der Waals surface area (Å²) in [7, 11) is 0. The topological polar surface area (TPSA) is 114 Å². The number of carbonyl (C=O) groups is 2. The van der Waals surface area contributed by atoms with Gasteiger partial charge in [-0.3, -0.25) is 19.7 Å². The highest BCUT2D eigenvalue weighted by Gasteiger charge is 2.29. The number of carbonyl (C=O) groups excluding carboxylic acids is 2. The molecular formula is C18H15F3N4O4. The van der Waals surface area contributed by atoms with Crippen LogP contribution in [0.1, 0.15) is 27.0 Å². The number of hydrogen-bond acceptors (Lipinski definition) is 5. The molecule has 2 N–H and O–H groups in total. The lowest BCUT2D eigenvalue weighted by molar-refractivity contribution is -0.385. The molecule has 2 aromatic rings. The summed E-state index contributed by atoms with van der Waals surface area (Å²) in [6.45, 7) is 1.08. The number of nitro benzene ring substituents is 1. The number of nitrogens with zero attached hydrogens (tertiary/aromatic N) is 2. The number of amides is 2. The van der Waals surface area contributed by atoms with Gasteiger partial charge >= 0.3 is 6.18 Å². The number of alkyl halides is 3. The van der Waals surface area contributed by atoms with Gasteiger partial charge in [-0.25, -0.2) is 5.43 Å². The third kappa shape index (κ3) is 6.13. The van der Waals surface area contributed by atoms with Gasteiger partial charge in [-0.05, 0) is 30.7 Å². The van der Waals surface area contributed by atoms with E-state index in [0.29, 0.717) is 11.1 Å². The normalized spacial score (nSPS) is 11.3. The molecule has 2 rings (SSSR count). The Balaban J connectivity index is 1.87. The molecule has 29 heavy (non-hydrogen) atoms. The van der Waals surface area contributed by atoms with Crippen molar-refractivity contribution < 1.29 is 27.7 Å². The molecule has 0 atom stereocenters. The minimum absolute atomic E-state index is 0.0170. The van der Waals surface area contributed by atoms with Gasteiger partial charge in [0.1, 0.15) is 0 Å². The molecule has 0 saturated carbocycles. The summed E-state index contributed by atoms with van der Waals surface area (Å²) >= 11 is 0. The third-order valence-electron chi connectivity index (χ3n) is 3.72. The van der Waals surface area contributed by atoms with E-state index in [9.17, 15) is 32.9 Å². The Hall–Kier alpha value is -3.76. The van der Waals surface area contributed by atoms with Gasteiger partial charge in [-0.1, -0.05) is 18.2 Å². The highest BCUT2D eigenvalue weighted by Crippen LogP contribution is 2.28. The van der Waals surface area contributed by atoms with Crippen molar-refractivity contribution in [3.05, 3.63) is 74.8 Å². The minimum atomic E-state index is -4.44. The van der Waals surface area contributed by atoms with Gasteiger partial charge in [0, 0.05) is 17.2 Å². The first kappa shape index (κ1) is 21.5. The molecule has 0 spiro atoms. The van der Waals surface area contributed by atoms with Crippen LogP contribution in [0.25, 0.3) is 0 Å². The molecule has 0 saturated heterocycles. The van der Waals surface area contributed by atoms with Gasteiger partial charge in [0.2, 0.25) is 0 Å². The van der Waals surface area contributed by atoms with Crippen LogP contribution in [0.4, 0.5) is 18.9 Å². The van der Waals surface area contributed by atoms with Gasteiger partial charge in [0.15, 0.2) is 0 Å². The Labute approximate surface area is 162 Å². The van der Waals surface area contributed by atoms with E-state index in [1.54, 1.807) is 0 Å². The quantitative estimate of drug-likeness (QED) is 0.435. The van der Waals surface area contributed by atoms with Crippen LogP contribution in [-0.4, -0.2) is 29.5 Å². The van der Waals surface area contributed by atoms with Crippen molar-refractivity contribution in [3.8, 4) is 0 Å². The first-order valence-corrected chi connectivity index (χ1v) is 8.10. The van der Waals surface area contributed by atoms with Crippen molar-refractivity contribution in [2.45, 2.75) is 13.1 Å². The van der Waals surface area contributed by atoms with Crippen LogP contribution in [0.5, 0.6) is 0 Å². The van der Waals surface area contributed by atoms with Crippen molar-refractivity contribution in [1.29, 1.82) is 0 Å². The summed E-state index contributed by atoms with van der Waals surface area (Å²) in [5, 5.41) is 16.8. The molecule has 0 fully saturated rings. The number of hydrogen-bond donors (Lipinski definition) is 2. The first-order chi connectivity index (χ1) is 13.6. The number of aryl methyl sites for hydroxylation is 1. The molecule has 0 unspecified atom stereocenters. The van der Waals surface area contributed by atoms with Gasteiger partial charge < -0.3 is 5.32 Å². The smallest absolute Gasteiger partial charge is 0.343 e. The summed E-state index contributed by atoms with van der Waals surface area (Å²) < 4.78 is 37.4. The van der Waals surface area contributed by atoms with Gasteiger partial charge in [-0.15, -0.1) is 0 Å². The Bertz CT molecular complexity index is 957. The molecule has 11 heteroatoms. The maximum atomic E-state index is 12.5. The summed E-state index contributed by atoms with van der Waals surface area (Å²) in [6.07, 6.45) is -3.30. The fraction of sp³-hybridized carbons (Fsp3) is 0.167. The Kier molecular flexibility index (Phi) is 6.65. The average Bonchev–Trinajstić information content (AvgIpc) is 2.66. The van der Waals surface area contributed by atoms with E-state index in [1.165, 1.54) is 31.2 Å². The highest BCUT2D eigenvalue weighted by atomic mass is 19.4. The second-order valence-electron chi connectivity index (χ2n) is 5.85. The molecule has 0 radical (unpaired) electrons. The number of hydrazone groups is 1. The number of rotatable bonds is 6. The maximum absolute atomic E-state index is 12.5. The highest BCUT2D eigenvalue weighted by molar-refractivity contribution is 5.97. The van der Waals surface area contributed by atoms with E-state index in [0.717, 1.165) is 24.4 Å². The first-order valence-electron chi connectivity index (χ1n) is 8.10. The predicted molar refractivity (Wildman–Crippen MR) is 97.3 cm³/mol. The van der Waals surface area contributed by atoms with Crippen LogP contribution >= 0.6 is 0 Å². The monoisotopic (exact) mass is 408 g/mol. The average molecular weight is 408 g/mol. The molecule has 2 aromatic carbocycles. The van der Waals surface area contributed by atoms with Gasteiger partial charge in [0.05, 0.1) is 23.2 Å². The predicted octanol–water partition coefficient (Wildman–Crippen LogP) is 2.80. The van der Waals surface area contributed by atoms with Crippen LogP contribution in [0.15, 0.2) is 47.6 Å². The van der Waals surface area contributed by atoms with Gasteiger partial charge in [-0.2, -0.15) is 18.3 Å². The second kappa shape index (κ2) is 8.95. The number of nitro groups is 1. The maximum Gasteiger partial charge on any atom is 0.416 e. The number of halogens is 3. The van der Waals surface area contributed by atoms with E-state index in [-0.39, 0.29) is 11.3 Å². The zero-order chi connectivity index (χ0) is 21.6. The lowest BCUT2D eigenvalue weighted by Crippen LogP contribution is -2.34. The Morgan fingerprint density at radius 1 is 1.17 bits per heavy atom. The Morgan fingerprint density at radius 2 is 1.83 bits per heavy atom. The van der Waals surface area contributed by atoms with Crippen LogP contribution in [0, 0.1) is 17.0 Å². The number of nitrogens with one attached hydrogen (secondary N) is 2. The molecule has 152 valence electrons. The van der Waals surface area contributed by atoms with Crippen LogP contribution in [0.3, 0.4) is 0 Å². The molecule has 0 bridgehead atoms. The second-order valence-corrected chi connectivity index (χ2v) is 5.85. The van der Waals surface area contributed by atoms with Crippen LogP contribution in [0.2, 0.25) is 0 Å². The summed E-state index contributed by atoms with van der Waals surface area (Å²) in [5.41, 5.74) is 1.82. The molecule has 0 heterocycles. The fourth-order valence-corrected chi connectivity index (χ4v) is 2.19. The van der Waals surface area contributed by atoms with E-state index in [1.807, 2.05) is 0 Å². The van der Waals surface area contributed by atoms with Crippen molar-refractivity contribution >= 4 is 23.7 Å². The summed E-state index contributed by atoms with van der Waals surface area (Å²) in [6, 6.07) is 8.04. The molecule has 8 nitrogen and oxygen atoms in total. The van der Waals surface area contributed by atoms with E-state index >= 15 is 0 Å². The summed E-state index contributed by atoms with van der Waals surface area (Å²) in [5.74, 6) is -1.38. The lowest BCUT2D eigenvalue weighted by atomic mass is 10.1. The van der Waals surface area contributed by atoms with E-state index in [2.05, 4.69) is 15.8 Å². The zero-order valence-corrected chi connectivity index (χ0v) is 15.0. The Morgan fingerprint density at radius 3 is 2.41 bits per heavy atom. The van der Waals surface area contributed by atoms with Crippen molar-refractivity contribution in [2.75, 3.05) is 6.54 Å². The lowest BCUT2D eigenvalue weighted by Gasteiger charge is -2.06. The molecule has 2 amide bonds. The van der Waals surface area contributed by atoms with Crippen molar-refractivity contribution in [3.63, 3.8) is 0 Å². The van der Waals surface area contributed by atoms with Crippen LogP contribution in [-0.2, 0) is 11.0 Å². The molecule has 0 aliphatic carbocycles. The SMILES string of the molecule is Cc1ccc(C(=O)NCC(=O)N/N=C/c2ccc(C(F)(F)F)cc2)cc1[N+](=O)[O-]. The zero-order valence-electron chi connectivity index (χ0n) is 15.0. The van der Waals surface area contributed by atoms with E-state index < -0.39 is 35.0 Å². The number of benzene rings is 2. The van der Waals surface area contributed by atoms with Crippen molar-refractivity contribution in [2.24, 2.45) is 5.10 Å². The van der Waals surface area contributed by atoms with Crippen molar-refractivity contribution in [1.82, 2.24) is 10.7 Å². The van der Waals surface area contributed by atoms with Gasteiger partial charge in [0.25, 0.3) is 17.5 Å². The molecule has 0 aliphatic rings. The fourth-order valence-electron chi connectivity index (χ4n) is 2.19. The van der Waals surface area contributed by atoms with Crippen LogP contribution < -0.4 is 10.7 Å². The minimum Gasteiger partial charge on any atom is -0.343 e. The molecule has 0 aromatic heterocycles. The summed E-state index contributed by atoms with van der Waals surface area (Å²) in [4.78, 5) is 34.0. The standard InChI is InChI=1S/C18H15F3N4O4/c1-11-2-5-13(8-15(11)25(28)29)17(27)22-10-16(26)24-23-9-12-3-6-14(7-4-12)18(19,20)21/h2-9H,10H2,1H3,(H,22,27)(H,24,26)/b23-9+. The molecular weight excluding hydrogens is 393 g/mol. The largest absolute Gasteiger partial charge is 0.416 e.